The summed E-state index contributed by atoms with van der Waals surface area (Å²) in [5, 5.41) is 0. The number of alkyl halides is 1. The van der Waals surface area contributed by atoms with E-state index in [1.165, 1.54) is 0 Å². The molecule has 0 N–H and O–H groups in total. The number of ether oxygens (including phenoxy) is 7. The van der Waals surface area contributed by atoms with E-state index in [2.05, 4.69) is 22.6 Å². The van der Waals surface area contributed by atoms with Gasteiger partial charge in [-0.3, -0.25) is 24.0 Å². The lowest BCUT2D eigenvalue weighted by Crippen LogP contribution is -2.65. The van der Waals surface area contributed by atoms with Crippen molar-refractivity contribution in [2.24, 2.45) is 33.5 Å². The van der Waals surface area contributed by atoms with Gasteiger partial charge in [-0.05, 0) is 102 Å². The second-order valence-electron chi connectivity index (χ2n) is 17.0. The van der Waals surface area contributed by atoms with Gasteiger partial charge < -0.3 is 33.2 Å². The molecule has 2 saturated heterocycles. The maximum Gasteiger partial charge on any atom is 0.321 e. The van der Waals surface area contributed by atoms with Gasteiger partial charge in [0.1, 0.15) is 16.6 Å². The summed E-state index contributed by atoms with van der Waals surface area (Å²) in [5.74, 6) is -3.47. The molecule has 2 heterocycles. The van der Waals surface area contributed by atoms with Crippen molar-refractivity contribution in [3.8, 4) is 0 Å². The van der Waals surface area contributed by atoms with Gasteiger partial charge in [0.15, 0.2) is 18.3 Å². The van der Waals surface area contributed by atoms with E-state index in [1.54, 1.807) is 83.1 Å². The van der Waals surface area contributed by atoms with Crippen molar-refractivity contribution in [3.05, 3.63) is 11.6 Å². The lowest BCUT2D eigenvalue weighted by molar-refractivity contribution is -0.346. The summed E-state index contributed by atoms with van der Waals surface area (Å²) in [6.07, 6.45) is -5.58. The molecule has 0 radical (unpaired) electrons. The summed E-state index contributed by atoms with van der Waals surface area (Å²) in [5.41, 5.74) is -2.95. The minimum absolute atomic E-state index is 0.102. The number of esters is 5. The monoisotopic (exact) mass is 792 g/mol. The molecular weight excluding hydrogens is 739 g/mol. The third-order valence-electron chi connectivity index (χ3n) is 8.24. The van der Waals surface area contributed by atoms with E-state index >= 15 is 0 Å². The fourth-order valence-electron chi connectivity index (χ4n) is 5.13. The molecule has 0 amide bonds. The van der Waals surface area contributed by atoms with Crippen molar-refractivity contribution >= 4 is 52.4 Å². The summed E-state index contributed by atoms with van der Waals surface area (Å²) >= 11 is 2.07. The van der Waals surface area contributed by atoms with E-state index in [9.17, 15) is 24.0 Å². The molecule has 13 heteroatoms. The first kappa shape index (κ1) is 40.2. The Bertz CT molecular complexity index is 1280. The van der Waals surface area contributed by atoms with Crippen LogP contribution in [0.4, 0.5) is 0 Å². The van der Waals surface area contributed by atoms with Gasteiger partial charge in [-0.2, -0.15) is 0 Å². The molecule has 48 heavy (non-hydrogen) atoms. The topological polar surface area (TPSA) is 150 Å². The fourth-order valence-corrected chi connectivity index (χ4v) is 6.02. The Hall–Kier alpha value is -2.26. The first-order valence-electron chi connectivity index (χ1n) is 16.4. The molecule has 0 saturated carbocycles. The van der Waals surface area contributed by atoms with E-state index in [0.29, 0.717) is 6.42 Å². The van der Waals surface area contributed by atoms with Crippen LogP contribution in [0, 0.1) is 33.5 Å². The molecule has 9 atom stereocenters. The Labute approximate surface area is 297 Å². The maximum absolute atomic E-state index is 13.5. The zero-order valence-electron chi connectivity index (χ0n) is 30.5. The van der Waals surface area contributed by atoms with Crippen molar-refractivity contribution in [1.29, 1.82) is 0 Å². The van der Waals surface area contributed by atoms with Gasteiger partial charge in [0.2, 0.25) is 12.6 Å². The normalized spacial score (nSPS) is 31.2. The molecule has 3 aliphatic rings. The van der Waals surface area contributed by atoms with E-state index in [-0.39, 0.29) is 11.8 Å². The van der Waals surface area contributed by atoms with Crippen LogP contribution >= 0.6 is 22.6 Å². The largest absolute Gasteiger partial charge is 0.462 e. The fraction of sp³-hybridized carbons (Fsp3) is 0.800. The van der Waals surface area contributed by atoms with Crippen LogP contribution in [0.3, 0.4) is 0 Å². The van der Waals surface area contributed by atoms with Gasteiger partial charge in [-0.25, -0.2) is 0 Å². The van der Waals surface area contributed by atoms with Crippen molar-refractivity contribution in [1.82, 2.24) is 0 Å². The number of rotatable bonds is 7. The van der Waals surface area contributed by atoms with Gasteiger partial charge in [-0.1, -0.05) is 34.2 Å². The third kappa shape index (κ3) is 9.49. The smallest absolute Gasteiger partial charge is 0.321 e. The van der Waals surface area contributed by atoms with Crippen LogP contribution < -0.4 is 0 Å². The molecule has 2 fully saturated rings. The van der Waals surface area contributed by atoms with Crippen LogP contribution in [0.5, 0.6) is 0 Å². The zero-order valence-corrected chi connectivity index (χ0v) is 32.6. The highest BCUT2D eigenvalue weighted by Gasteiger charge is 2.57. The number of fused-ring (bicyclic) bond motifs is 1. The van der Waals surface area contributed by atoms with Crippen molar-refractivity contribution in [2.45, 2.75) is 137 Å². The Morgan fingerprint density at radius 3 is 1.67 bits per heavy atom. The summed E-state index contributed by atoms with van der Waals surface area (Å²) in [6, 6.07) is 0. The van der Waals surface area contributed by atoms with Crippen LogP contribution in [-0.4, -0.2) is 77.4 Å². The molecule has 0 spiro atoms. The van der Waals surface area contributed by atoms with Gasteiger partial charge in [-0.15, -0.1) is 0 Å². The average Bonchev–Trinajstić information content (AvgIpc) is 3.32. The van der Waals surface area contributed by atoms with Gasteiger partial charge in [0.25, 0.3) is 0 Å². The molecule has 1 aliphatic carbocycles. The number of allylic oxidation sites excluding steroid dienone is 1. The van der Waals surface area contributed by atoms with E-state index in [0.717, 1.165) is 5.57 Å². The molecule has 1 unspecified atom stereocenters. The molecular formula is C35H53IO12. The van der Waals surface area contributed by atoms with Gasteiger partial charge in [0, 0.05) is 5.92 Å². The minimum atomic E-state index is -1.50. The van der Waals surface area contributed by atoms with Gasteiger partial charge >= 0.3 is 29.8 Å². The molecule has 272 valence electrons. The Morgan fingerprint density at radius 1 is 0.729 bits per heavy atom. The minimum Gasteiger partial charge on any atom is -0.462 e. The standard InChI is InChI=1S/C35H53IO12/c1-17-14-15-18-20(17)26(47-25(37)21(18)36)48-27-24(46-31(41)35(11,12)13)23(45-30(40)34(8,9)10)22(44-29(39)33(5,6)7)19(43-27)16-42-28(38)32(2,3)4/h14,18-24,26-27H,15-16H2,1-13H3/t18-,19+,20+,21?,22+,23-,24+,26-,27-/m0/s1. The zero-order chi connectivity index (χ0) is 36.7. The number of carbonyl (C=O) groups excluding carboxylic acids is 5. The number of cyclic esters (lactones) is 1. The predicted molar refractivity (Wildman–Crippen MR) is 181 cm³/mol. The number of halogens is 1. The third-order valence-corrected chi connectivity index (χ3v) is 9.67. The molecule has 0 aromatic heterocycles. The first-order chi connectivity index (χ1) is 21.7. The molecule has 0 aromatic carbocycles. The number of hydrogen-bond donors (Lipinski definition) is 0. The number of hydrogen-bond acceptors (Lipinski definition) is 12. The second kappa shape index (κ2) is 14.5. The molecule has 0 bridgehead atoms. The highest BCUT2D eigenvalue weighted by molar-refractivity contribution is 14.1. The van der Waals surface area contributed by atoms with Crippen molar-refractivity contribution in [2.75, 3.05) is 6.61 Å². The Balaban J connectivity index is 2.17. The van der Waals surface area contributed by atoms with Crippen LogP contribution in [0.1, 0.15) is 96.4 Å². The average molecular weight is 793 g/mol. The molecule has 12 nitrogen and oxygen atoms in total. The van der Waals surface area contributed by atoms with E-state index in [1.807, 2.05) is 13.0 Å². The first-order valence-corrected chi connectivity index (χ1v) is 17.6. The molecule has 3 rings (SSSR count). The molecule has 2 aliphatic heterocycles. The predicted octanol–water partition coefficient (Wildman–Crippen LogP) is 5.46. The highest BCUT2D eigenvalue weighted by atomic mass is 127. The van der Waals surface area contributed by atoms with Crippen LogP contribution in [0.2, 0.25) is 0 Å². The second-order valence-corrected chi connectivity index (χ2v) is 18.3. The lowest BCUT2D eigenvalue weighted by atomic mass is 9.86. The maximum atomic E-state index is 13.5. The Kier molecular flexibility index (Phi) is 12.2. The van der Waals surface area contributed by atoms with E-state index in [4.69, 9.17) is 33.2 Å². The van der Waals surface area contributed by atoms with Crippen molar-refractivity contribution in [3.63, 3.8) is 0 Å². The summed E-state index contributed by atoms with van der Waals surface area (Å²) < 4.78 is 41.9. The van der Waals surface area contributed by atoms with Crippen molar-refractivity contribution < 1.29 is 57.1 Å². The van der Waals surface area contributed by atoms with Crippen LogP contribution in [0.25, 0.3) is 0 Å². The quantitative estimate of drug-likeness (QED) is 0.106. The number of carbonyl (C=O) groups is 5. The summed E-state index contributed by atoms with van der Waals surface area (Å²) in [7, 11) is 0. The van der Waals surface area contributed by atoms with Crippen LogP contribution in [-0.2, 0) is 57.1 Å². The summed E-state index contributed by atoms with van der Waals surface area (Å²) in [6.45, 7) is 21.4. The van der Waals surface area contributed by atoms with Crippen LogP contribution in [0.15, 0.2) is 11.6 Å². The SMILES string of the molecule is CC1=CC[C@@H]2C(I)C(=O)O[C@@H](O[C@@H]3O[C@H](COC(=O)C(C)(C)C)[C@@H](OC(=O)C(C)(C)C)[C@H](OC(=O)C(C)(C)C)[C@H]3OC(=O)C(C)(C)C)[C@H]12. The van der Waals surface area contributed by atoms with E-state index < -0.39 is 99.0 Å². The molecule has 0 aromatic rings. The summed E-state index contributed by atoms with van der Waals surface area (Å²) in [4.78, 5) is 66.2. The highest BCUT2D eigenvalue weighted by Crippen LogP contribution is 2.45. The van der Waals surface area contributed by atoms with Gasteiger partial charge in [0.05, 0.1) is 21.7 Å². The lowest BCUT2D eigenvalue weighted by Gasteiger charge is -2.47. The Morgan fingerprint density at radius 2 is 1.19 bits per heavy atom.